The quantitative estimate of drug-likeness (QED) is 0.705. The molecule has 2 heteroatoms. The molecule has 2 nitrogen and oxygen atoms in total. The fraction of sp³-hybridized carbons (Fsp3) is 0.533. The first-order valence-corrected chi connectivity index (χ1v) is 6.34. The van der Waals surface area contributed by atoms with Gasteiger partial charge in [0.05, 0.1) is 12.5 Å². The molecule has 1 aromatic rings. The van der Waals surface area contributed by atoms with Crippen LogP contribution >= 0.6 is 0 Å². The maximum absolute atomic E-state index is 11.9. The molecule has 0 amide bonds. The van der Waals surface area contributed by atoms with E-state index in [0.29, 0.717) is 12.5 Å². The van der Waals surface area contributed by atoms with Crippen LogP contribution in [-0.2, 0) is 16.0 Å². The van der Waals surface area contributed by atoms with Crippen molar-refractivity contribution >= 4 is 5.97 Å². The van der Waals surface area contributed by atoms with Crippen molar-refractivity contribution in [1.82, 2.24) is 0 Å². The molecule has 0 aliphatic carbocycles. The Bertz CT molecular complexity index is 330. The highest BCUT2D eigenvalue weighted by Crippen LogP contribution is 2.18. The van der Waals surface area contributed by atoms with Gasteiger partial charge in [-0.1, -0.05) is 44.2 Å². The summed E-state index contributed by atoms with van der Waals surface area (Å²) in [6.07, 6.45) is 1.66. The van der Waals surface area contributed by atoms with Crippen molar-refractivity contribution in [2.75, 3.05) is 6.61 Å². The van der Waals surface area contributed by atoms with Crippen molar-refractivity contribution in [3.63, 3.8) is 0 Å². The molecule has 0 spiro atoms. The van der Waals surface area contributed by atoms with Crippen molar-refractivity contribution in [2.24, 2.45) is 11.8 Å². The summed E-state index contributed by atoms with van der Waals surface area (Å²) in [6, 6.07) is 10.1. The summed E-state index contributed by atoms with van der Waals surface area (Å²) >= 11 is 0. The molecule has 1 rings (SSSR count). The van der Waals surface area contributed by atoms with E-state index in [1.807, 2.05) is 25.1 Å². The SMILES string of the molecule is CCOC(=O)C(Cc1ccccc1)CC(C)C. The molecule has 0 aliphatic rings. The monoisotopic (exact) mass is 234 g/mol. The fourth-order valence-corrected chi connectivity index (χ4v) is 1.99. The lowest BCUT2D eigenvalue weighted by Gasteiger charge is -2.17. The van der Waals surface area contributed by atoms with Crippen molar-refractivity contribution in [2.45, 2.75) is 33.6 Å². The molecule has 94 valence electrons. The first-order chi connectivity index (χ1) is 8.13. The second-order valence-electron chi connectivity index (χ2n) is 4.77. The normalized spacial score (nSPS) is 12.5. The van der Waals surface area contributed by atoms with Crippen molar-refractivity contribution in [3.05, 3.63) is 35.9 Å². The molecule has 0 aromatic heterocycles. The van der Waals surface area contributed by atoms with Gasteiger partial charge in [-0.25, -0.2) is 0 Å². The first kappa shape index (κ1) is 13.8. The fourth-order valence-electron chi connectivity index (χ4n) is 1.99. The summed E-state index contributed by atoms with van der Waals surface area (Å²) in [5.74, 6) is 0.426. The predicted octanol–water partition coefficient (Wildman–Crippen LogP) is 3.45. The van der Waals surface area contributed by atoms with Gasteiger partial charge in [-0.05, 0) is 31.2 Å². The summed E-state index contributed by atoms with van der Waals surface area (Å²) in [5, 5.41) is 0. The van der Waals surface area contributed by atoms with Crippen LogP contribution in [0, 0.1) is 11.8 Å². The van der Waals surface area contributed by atoms with Crippen LogP contribution in [0.3, 0.4) is 0 Å². The Morgan fingerprint density at radius 1 is 1.24 bits per heavy atom. The molecule has 1 atom stereocenters. The zero-order chi connectivity index (χ0) is 12.7. The van der Waals surface area contributed by atoms with Crippen LogP contribution in [0.5, 0.6) is 0 Å². The van der Waals surface area contributed by atoms with Crippen LogP contribution in [0.25, 0.3) is 0 Å². The number of benzene rings is 1. The molecule has 0 fully saturated rings. The van der Waals surface area contributed by atoms with Gasteiger partial charge in [0, 0.05) is 0 Å². The number of carbonyl (C=O) groups excluding carboxylic acids is 1. The maximum atomic E-state index is 11.9. The summed E-state index contributed by atoms with van der Waals surface area (Å²) < 4.78 is 5.14. The average molecular weight is 234 g/mol. The van der Waals surface area contributed by atoms with Crippen LogP contribution in [0.1, 0.15) is 32.8 Å². The lowest BCUT2D eigenvalue weighted by Crippen LogP contribution is -2.21. The van der Waals surface area contributed by atoms with Crippen molar-refractivity contribution in [1.29, 1.82) is 0 Å². The van der Waals surface area contributed by atoms with Crippen molar-refractivity contribution in [3.8, 4) is 0 Å². The van der Waals surface area contributed by atoms with Gasteiger partial charge in [-0.2, -0.15) is 0 Å². The predicted molar refractivity (Wildman–Crippen MR) is 69.7 cm³/mol. The minimum Gasteiger partial charge on any atom is -0.466 e. The van der Waals surface area contributed by atoms with Crippen LogP contribution in [0.15, 0.2) is 30.3 Å². The second kappa shape index (κ2) is 7.10. The van der Waals surface area contributed by atoms with E-state index >= 15 is 0 Å². The molecular weight excluding hydrogens is 212 g/mol. The number of esters is 1. The van der Waals surface area contributed by atoms with Gasteiger partial charge < -0.3 is 4.74 Å². The second-order valence-corrected chi connectivity index (χ2v) is 4.77. The Morgan fingerprint density at radius 2 is 1.88 bits per heavy atom. The summed E-state index contributed by atoms with van der Waals surface area (Å²) in [4.78, 5) is 11.9. The Morgan fingerprint density at radius 3 is 2.41 bits per heavy atom. The lowest BCUT2D eigenvalue weighted by atomic mass is 9.91. The van der Waals surface area contributed by atoms with Crippen LogP contribution < -0.4 is 0 Å². The molecule has 17 heavy (non-hydrogen) atoms. The van der Waals surface area contributed by atoms with Gasteiger partial charge in [0.1, 0.15) is 0 Å². The Balaban J connectivity index is 2.66. The molecule has 0 aliphatic heterocycles. The zero-order valence-electron chi connectivity index (χ0n) is 11.0. The molecule has 0 saturated carbocycles. The lowest BCUT2D eigenvalue weighted by molar-refractivity contribution is -0.148. The molecule has 1 unspecified atom stereocenters. The third kappa shape index (κ3) is 5.03. The smallest absolute Gasteiger partial charge is 0.309 e. The highest BCUT2D eigenvalue weighted by Gasteiger charge is 2.21. The van der Waals surface area contributed by atoms with Crippen LogP contribution in [0.2, 0.25) is 0 Å². The summed E-state index contributed by atoms with van der Waals surface area (Å²) in [6.45, 7) is 6.59. The van der Waals surface area contributed by atoms with Gasteiger partial charge in [0.15, 0.2) is 0 Å². The highest BCUT2D eigenvalue weighted by atomic mass is 16.5. The molecule has 1 aromatic carbocycles. The van der Waals surface area contributed by atoms with Gasteiger partial charge >= 0.3 is 5.97 Å². The first-order valence-electron chi connectivity index (χ1n) is 6.34. The van der Waals surface area contributed by atoms with E-state index in [1.165, 1.54) is 5.56 Å². The van der Waals surface area contributed by atoms with E-state index in [4.69, 9.17) is 4.74 Å². The summed E-state index contributed by atoms with van der Waals surface area (Å²) in [7, 11) is 0. The van der Waals surface area contributed by atoms with Gasteiger partial charge in [-0.15, -0.1) is 0 Å². The van der Waals surface area contributed by atoms with Crippen LogP contribution in [0.4, 0.5) is 0 Å². The van der Waals surface area contributed by atoms with E-state index in [2.05, 4.69) is 26.0 Å². The van der Waals surface area contributed by atoms with E-state index in [0.717, 1.165) is 12.8 Å². The number of carbonyl (C=O) groups is 1. The standard InChI is InChI=1S/C15H22O2/c1-4-17-15(16)14(10-12(2)3)11-13-8-6-5-7-9-13/h5-9,12,14H,4,10-11H2,1-3H3. The Labute approximate surface area is 104 Å². The minimum absolute atomic E-state index is 0.0163. The molecule has 0 bridgehead atoms. The highest BCUT2D eigenvalue weighted by molar-refractivity contribution is 5.72. The molecule has 0 saturated heterocycles. The third-order valence-electron chi connectivity index (χ3n) is 2.70. The van der Waals surface area contributed by atoms with E-state index in [9.17, 15) is 4.79 Å². The van der Waals surface area contributed by atoms with Gasteiger partial charge in [0.25, 0.3) is 0 Å². The molecule has 0 N–H and O–H groups in total. The number of rotatable bonds is 6. The number of ether oxygens (including phenoxy) is 1. The largest absolute Gasteiger partial charge is 0.466 e. The van der Waals surface area contributed by atoms with E-state index in [1.54, 1.807) is 0 Å². The minimum atomic E-state index is -0.0648. The number of hydrogen-bond donors (Lipinski definition) is 0. The maximum Gasteiger partial charge on any atom is 0.309 e. The molecular formula is C15H22O2. The topological polar surface area (TPSA) is 26.3 Å². The molecule has 0 radical (unpaired) electrons. The van der Waals surface area contributed by atoms with Gasteiger partial charge in [0.2, 0.25) is 0 Å². The zero-order valence-corrected chi connectivity index (χ0v) is 11.0. The van der Waals surface area contributed by atoms with Crippen molar-refractivity contribution < 1.29 is 9.53 Å². The molecule has 0 heterocycles. The third-order valence-corrected chi connectivity index (χ3v) is 2.70. The van der Waals surface area contributed by atoms with Gasteiger partial charge in [-0.3, -0.25) is 4.79 Å². The number of hydrogen-bond acceptors (Lipinski definition) is 2. The summed E-state index contributed by atoms with van der Waals surface area (Å²) in [5.41, 5.74) is 1.20. The average Bonchev–Trinajstić information content (AvgIpc) is 2.29. The Kier molecular flexibility index (Phi) is 5.75. The van der Waals surface area contributed by atoms with E-state index < -0.39 is 0 Å². The van der Waals surface area contributed by atoms with Crippen LogP contribution in [-0.4, -0.2) is 12.6 Å². The Hall–Kier alpha value is -1.31. The van der Waals surface area contributed by atoms with E-state index in [-0.39, 0.29) is 11.9 Å².